The van der Waals surface area contributed by atoms with E-state index in [0.717, 1.165) is 5.56 Å². The highest BCUT2D eigenvalue weighted by Gasteiger charge is 2.16. The van der Waals surface area contributed by atoms with Crippen LogP contribution >= 0.6 is 0 Å². The van der Waals surface area contributed by atoms with Crippen molar-refractivity contribution in [2.45, 2.75) is 13.3 Å². The number of hydrogen-bond donors (Lipinski definition) is 0. The van der Waals surface area contributed by atoms with Crippen LogP contribution in [-0.2, 0) is 20.7 Å². The van der Waals surface area contributed by atoms with Gasteiger partial charge in [-0.2, -0.15) is 0 Å². The third-order valence-electron chi connectivity index (χ3n) is 2.93. The molecule has 0 unspecified atom stereocenters. The molecule has 0 aromatic heterocycles. The van der Waals surface area contributed by atoms with Crippen LogP contribution < -0.4 is 9.47 Å². The molecule has 1 aromatic carbocycles. The highest BCUT2D eigenvalue weighted by atomic mass is 16.5. The van der Waals surface area contributed by atoms with E-state index < -0.39 is 5.97 Å². The third-order valence-corrected chi connectivity index (χ3v) is 2.93. The molecule has 6 heteroatoms. The highest BCUT2D eigenvalue weighted by molar-refractivity contribution is 5.83. The first kappa shape index (κ1) is 16.8. The Kier molecular flexibility index (Phi) is 6.52. The first-order valence-electron chi connectivity index (χ1n) is 6.62. The van der Waals surface area contributed by atoms with Crippen molar-refractivity contribution in [3.05, 3.63) is 23.8 Å². The molecule has 0 saturated carbocycles. The van der Waals surface area contributed by atoms with Crippen LogP contribution in [0.5, 0.6) is 11.5 Å². The zero-order valence-electron chi connectivity index (χ0n) is 12.8. The normalized spacial score (nSPS) is 9.90. The minimum absolute atomic E-state index is 0.0643. The van der Waals surface area contributed by atoms with Crippen LogP contribution in [0.2, 0.25) is 0 Å². The van der Waals surface area contributed by atoms with Crippen molar-refractivity contribution < 1.29 is 23.8 Å². The van der Waals surface area contributed by atoms with E-state index in [1.807, 2.05) is 0 Å². The Morgan fingerprint density at radius 1 is 1.19 bits per heavy atom. The fourth-order valence-corrected chi connectivity index (χ4v) is 1.78. The Balaban J connectivity index is 2.71. The largest absolute Gasteiger partial charge is 0.497 e. The van der Waals surface area contributed by atoms with Gasteiger partial charge in [0.2, 0.25) is 5.91 Å². The monoisotopic (exact) mass is 295 g/mol. The fraction of sp³-hybridized carbons (Fsp3) is 0.467. The van der Waals surface area contributed by atoms with Crippen LogP contribution in [0.1, 0.15) is 12.5 Å². The average Bonchev–Trinajstić information content (AvgIpc) is 2.47. The van der Waals surface area contributed by atoms with E-state index in [1.165, 1.54) is 12.0 Å². The zero-order valence-corrected chi connectivity index (χ0v) is 12.8. The number of rotatable bonds is 7. The molecular weight excluding hydrogens is 274 g/mol. The number of likely N-dealkylation sites (N-methyl/N-ethyl adjacent to an activating group) is 1. The standard InChI is InChI=1S/C15H21NO5/c1-5-21-15(18)10-16(2)14(17)8-11-6-7-12(19-3)9-13(11)20-4/h6-7,9H,5,8,10H2,1-4H3. The summed E-state index contributed by atoms with van der Waals surface area (Å²) in [7, 11) is 4.66. The van der Waals surface area contributed by atoms with E-state index in [4.69, 9.17) is 14.2 Å². The lowest BCUT2D eigenvalue weighted by molar-refractivity contribution is -0.147. The Bertz CT molecular complexity index is 501. The lowest BCUT2D eigenvalue weighted by atomic mass is 10.1. The molecule has 116 valence electrons. The number of esters is 1. The van der Waals surface area contributed by atoms with Gasteiger partial charge >= 0.3 is 5.97 Å². The molecule has 0 aliphatic rings. The van der Waals surface area contributed by atoms with Gasteiger partial charge in [-0.25, -0.2) is 0 Å². The molecule has 0 N–H and O–H groups in total. The van der Waals surface area contributed by atoms with Gasteiger partial charge in [0.15, 0.2) is 0 Å². The molecule has 1 amide bonds. The number of carbonyl (C=O) groups is 2. The molecule has 0 heterocycles. The fourth-order valence-electron chi connectivity index (χ4n) is 1.78. The molecule has 21 heavy (non-hydrogen) atoms. The number of carbonyl (C=O) groups excluding carboxylic acids is 2. The van der Waals surface area contributed by atoms with Gasteiger partial charge in [-0.15, -0.1) is 0 Å². The van der Waals surface area contributed by atoms with E-state index in [9.17, 15) is 9.59 Å². The summed E-state index contributed by atoms with van der Waals surface area (Å²) in [5.74, 6) is 0.622. The van der Waals surface area contributed by atoms with E-state index in [0.29, 0.717) is 18.1 Å². The van der Waals surface area contributed by atoms with Crippen LogP contribution in [0.4, 0.5) is 0 Å². The van der Waals surface area contributed by atoms with Gasteiger partial charge in [0.25, 0.3) is 0 Å². The maximum absolute atomic E-state index is 12.1. The van der Waals surface area contributed by atoms with Crippen molar-refractivity contribution in [1.82, 2.24) is 4.90 Å². The number of amides is 1. The van der Waals surface area contributed by atoms with Crippen molar-refractivity contribution in [3.8, 4) is 11.5 Å². The highest BCUT2D eigenvalue weighted by Crippen LogP contribution is 2.25. The van der Waals surface area contributed by atoms with Crippen molar-refractivity contribution in [1.29, 1.82) is 0 Å². The Hall–Kier alpha value is -2.24. The summed E-state index contributed by atoms with van der Waals surface area (Å²) in [4.78, 5) is 24.8. The van der Waals surface area contributed by atoms with Crippen molar-refractivity contribution in [2.24, 2.45) is 0 Å². The molecular formula is C15H21NO5. The third kappa shape index (κ3) is 4.98. The summed E-state index contributed by atoms with van der Waals surface area (Å²) in [6.07, 6.45) is 0.142. The predicted octanol–water partition coefficient (Wildman–Crippen LogP) is 1.27. The molecule has 6 nitrogen and oxygen atoms in total. The number of nitrogens with zero attached hydrogens (tertiary/aromatic N) is 1. The van der Waals surface area contributed by atoms with Crippen LogP contribution in [0.25, 0.3) is 0 Å². The smallest absolute Gasteiger partial charge is 0.325 e. The van der Waals surface area contributed by atoms with Crippen LogP contribution in [0, 0.1) is 0 Å². The summed E-state index contributed by atoms with van der Waals surface area (Å²) in [6.45, 7) is 1.96. The van der Waals surface area contributed by atoms with Crippen LogP contribution in [-0.4, -0.2) is 51.2 Å². The van der Waals surface area contributed by atoms with E-state index >= 15 is 0 Å². The molecule has 1 aromatic rings. The van der Waals surface area contributed by atoms with Crippen LogP contribution in [0.3, 0.4) is 0 Å². The molecule has 0 spiro atoms. The van der Waals surface area contributed by atoms with Gasteiger partial charge in [-0.05, 0) is 13.0 Å². The number of benzene rings is 1. The minimum Gasteiger partial charge on any atom is -0.497 e. The summed E-state index contributed by atoms with van der Waals surface area (Å²) in [6, 6.07) is 5.25. The van der Waals surface area contributed by atoms with Crippen LogP contribution in [0.15, 0.2) is 18.2 Å². The van der Waals surface area contributed by atoms with E-state index in [2.05, 4.69) is 0 Å². The summed E-state index contributed by atoms with van der Waals surface area (Å²) in [5.41, 5.74) is 0.735. The van der Waals surface area contributed by atoms with Gasteiger partial charge in [-0.1, -0.05) is 6.07 Å². The Labute approximate surface area is 124 Å². The van der Waals surface area contributed by atoms with Gasteiger partial charge in [0.05, 0.1) is 27.2 Å². The number of ether oxygens (including phenoxy) is 3. The second kappa shape index (κ2) is 8.14. The molecule has 0 aliphatic heterocycles. The molecule has 1 rings (SSSR count). The quantitative estimate of drug-likeness (QED) is 0.709. The van der Waals surface area contributed by atoms with Crippen molar-refractivity contribution in [2.75, 3.05) is 34.4 Å². The van der Waals surface area contributed by atoms with Gasteiger partial charge in [0, 0.05) is 18.7 Å². The lowest BCUT2D eigenvalue weighted by Crippen LogP contribution is -2.34. The second-order valence-electron chi connectivity index (χ2n) is 4.41. The minimum atomic E-state index is -0.421. The maximum atomic E-state index is 12.1. The number of methoxy groups -OCH3 is 2. The molecule has 0 bridgehead atoms. The first-order valence-corrected chi connectivity index (χ1v) is 6.62. The number of hydrogen-bond acceptors (Lipinski definition) is 5. The topological polar surface area (TPSA) is 65.1 Å². The Morgan fingerprint density at radius 2 is 1.90 bits per heavy atom. The van der Waals surface area contributed by atoms with Gasteiger partial charge in [-0.3, -0.25) is 9.59 Å². The predicted molar refractivity (Wildman–Crippen MR) is 77.5 cm³/mol. The first-order chi connectivity index (χ1) is 10.0. The van der Waals surface area contributed by atoms with Gasteiger partial charge < -0.3 is 19.1 Å². The van der Waals surface area contributed by atoms with E-state index in [-0.39, 0.29) is 18.9 Å². The zero-order chi connectivity index (χ0) is 15.8. The summed E-state index contributed by atoms with van der Waals surface area (Å²) >= 11 is 0. The molecule has 0 atom stereocenters. The average molecular weight is 295 g/mol. The van der Waals surface area contributed by atoms with E-state index in [1.54, 1.807) is 39.3 Å². The van der Waals surface area contributed by atoms with Gasteiger partial charge in [0.1, 0.15) is 18.0 Å². The van der Waals surface area contributed by atoms with Crippen molar-refractivity contribution >= 4 is 11.9 Å². The van der Waals surface area contributed by atoms with Crippen molar-refractivity contribution in [3.63, 3.8) is 0 Å². The summed E-state index contributed by atoms with van der Waals surface area (Å²) in [5, 5.41) is 0. The SMILES string of the molecule is CCOC(=O)CN(C)C(=O)Cc1ccc(OC)cc1OC. The molecule has 0 aliphatic carbocycles. The Morgan fingerprint density at radius 3 is 2.48 bits per heavy atom. The lowest BCUT2D eigenvalue weighted by Gasteiger charge is -2.17. The summed E-state index contributed by atoms with van der Waals surface area (Å²) < 4.78 is 15.2. The molecule has 0 radical (unpaired) electrons. The molecule has 0 fully saturated rings. The molecule has 0 saturated heterocycles. The second-order valence-corrected chi connectivity index (χ2v) is 4.41. The maximum Gasteiger partial charge on any atom is 0.325 e.